The largest absolute Gasteiger partial charge is 0.417 e. The van der Waals surface area contributed by atoms with Crippen molar-refractivity contribution in [2.24, 2.45) is 0 Å². The number of nitro benzene ring substituents is 1. The van der Waals surface area contributed by atoms with Crippen molar-refractivity contribution < 1.29 is 18.1 Å². The molecular weight excluding hydrogens is 289 g/mol. The average Bonchev–Trinajstić information content (AvgIpc) is 2.40. The van der Waals surface area contributed by atoms with Gasteiger partial charge < -0.3 is 4.57 Å². The van der Waals surface area contributed by atoms with Gasteiger partial charge in [0.05, 0.1) is 17.0 Å². The predicted octanol–water partition coefficient (Wildman–Crippen LogP) is 2.82. The lowest BCUT2D eigenvalue weighted by molar-refractivity contribution is -0.384. The molecular formula is C13H9F3N2O3. The Labute approximate surface area is 116 Å². The van der Waals surface area contributed by atoms with E-state index in [-0.39, 0.29) is 12.2 Å². The van der Waals surface area contributed by atoms with Crippen LogP contribution in [0.1, 0.15) is 11.1 Å². The molecule has 2 aromatic rings. The van der Waals surface area contributed by atoms with Crippen molar-refractivity contribution in [1.29, 1.82) is 0 Å². The Kier molecular flexibility index (Phi) is 3.79. The van der Waals surface area contributed by atoms with Gasteiger partial charge in [0.1, 0.15) is 0 Å². The first kappa shape index (κ1) is 14.8. The minimum absolute atomic E-state index is 0.0965. The maximum Gasteiger partial charge on any atom is 0.417 e. The highest BCUT2D eigenvalue weighted by Gasteiger charge is 2.31. The van der Waals surface area contributed by atoms with Crippen LogP contribution in [-0.4, -0.2) is 9.49 Å². The maximum atomic E-state index is 12.6. The molecule has 0 fully saturated rings. The number of nitro groups is 1. The summed E-state index contributed by atoms with van der Waals surface area (Å²) in [6.07, 6.45) is -3.81. The number of aromatic nitrogens is 1. The summed E-state index contributed by atoms with van der Waals surface area (Å²) < 4.78 is 38.7. The summed E-state index contributed by atoms with van der Waals surface area (Å²) in [7, 11) is 0. The van der Waals surface area contributed by atoms with Crippen molar-refractivity contribution in [3.63, 3.8) is 0 Å². The number of pyridine rings is 1. The van der Waals surface area contributed by atoms with Gasteiger partial charge in [0, 0.05) is 24.4 Å². The molecule has 0 atom stereocenters. The number of halogens is 3. The van der Waals surface area contributed by atoms with Crippen LogP contribution in [0.15, 0.2) is 47.4 Å². The van der Waals surface area contributed by atoms with Crippen molar-refractivity contribution in [2.75, 3.05) is 0 Å². The van der Waals surface area contributed by atoms with Gasteiger partial charge in [-0.1, -0.05) is 12.1 Å². The Morgan fingerprint density at radius 1 is 1.10 bits per heavy atom. The van der Waals surface area contributed by atoms with Gasteiger partial charge in [0.2, 0.25) is 0 Å². The zero-order valence-corrected chi connectivity index (χ0v) is 10.5. The topological polar surface area (TPSA) is 65.1 Å². The van der Waals surface area contributed by atoms with Crippen molar-refractivity contribution in [2.45, 2.75) is 12.7 Å². The SMILES string of the molecule is O=c1ccc(C(F)(F)F)cn1Cc1ccc([N+](=O)[O-])cc1. The zero-order chi connectivity index (χ0) is 15.6. The third-order valence-electron chi connectivity index (χ3n) is 2.81. The van der Waals surface area contributed by atoms with Gasteiger partial charge in [-0.3, -0.25) is 14.9 Å². The molecule has 0 N–H and O–H groups in total. The van der Waals surface area contributed by atoms with E-state index in [4.69, 9.17) is 0 Å². The fraction of sp³-hybridized carbons (Fsp3) is 0.154. The van der Waals surface area contributed by atoms with Gasteiger partial charge in [-0.05, 0) is 11.6 Å². The summed E-state index contributed by atoms with van der Waals surface area (Å²) >= 11 is 0. The average molecular weight is 298 g/mol. The highest BCUT2D eigenvalue weighted by atomic mass is 19.4. The lowest BCUT2D eigenvalue weighted by Crippen LogP contribution is -2.21. The van der Waals surface area contributed by atoms with Crippen LogP contribution in [-0.2, 0) is 12.7 Å². The Morgan fingerprint density at radius 2 is 1.71 bits per heavy atom. The van der Waals surface area contributed by atoms with Crippen LogP contribution in [0.25, 0.3) is 0 Å². The maximum absolute atomic E-state index is 12.6. The summed E-state index contributed by atoms with van der Waals surface area (Å²) in [6.45, 7) is -0.0965. The van der Waals surface area contributed by atoms with Crippen molar-refractivity contribution in [3.8, 4) is 0 Å². The molecule has 0 saturated heterocycles. The van der Waals surface area contributed by atoms with Gasteiger partial charge in [-0.2, -0.15) is 13.2 Å². The van der Waals surface area contributed by atoms with E-state index < -0.39 is 22.2 Å². The molecule has 0 saturated carbocycles. The quantitative estimate of drug-likeness (QED) is 0.646. The van der Waals surface area contributed by atoms with E-state index in [0.717, 1.165) is 16.8 Å². The molecule has 21 heavy (non-hydrogen) atoms. The van der Waals surface area contributed by atoms with Gasteiger partial charge in [0.15, 0.2) is 0 Å². The van der Waals surface area contributed by atoms with Gasteiger partial charge in [-0.25, -0.2) is 0 Å². The van der Waals surface area contributed by atoms with Gasteiger partial charge in [-0.15, -0.1) is 0 Å². The van der Waals surface area contributed by atoms with E-state index in [1.165, 1.54) is 24.3 Å². The lowest BCUT2D eigenvalue weighted by Gasteiger charge is -2.10. The number of benzene rings is 1. The lowest BCUT2D eigenvalue weighted by atomic mass is 10.2. The van der Waals surface area contributed by atoms with Crippen LogP contribution < -0.4 is 5.56 Å². The van der Waals surface area contributed by atoms with Gasteiger partial charge in [0.25, 0.3) is 11.2 Å². The van der Waals surface area contributed by atoms with Crippen LogP contribution in [0.3, 0.4) is 0 Å². The van der Waals surface area contributed by atoms with E-state index in [2.05, 4.69) is 0 Å². The highest BCUT2D eigenvalue weighted by molar-refractivity contribution is 5.33. The fourth-order valence-corrected chi connectivity index (χ4v) is 1.74. The Balaban J connectivity index is 2.31. The van der Waals surface area contributed by atoms with E-state index in [0.29, 0.717) is 11.6 Å². The first-order chi connectivity index (χ1) is 9.77. The van der Waals surface area contributed by atoms with Crippen LogP contribution >= 0.6 is 0 Å². The van der Waals surface area contributed by atoms with E-state index in [1.807, 2.05) is 0 Å². The van der Waals surface area contributed by atoms with Crippen molar-refractivity contribution in [3.05, 3.63) is 74.2 Å². The molecule has 1 heterocycles. The van der Waals surface area contributed by atoms with Crippen LogP contribution in [0, 0.1) is 10.1 Å². The fourth-order valence-electron chi connectivity index (χ4n) is 1.74. The molecule has 5 nitrogen and oxygen atoms in total. The van der Waals surface area contributed by atoms with Crippen LogP contribution in [0.4, 0.5) is 18.9 Å². The molecule has 0 amide bonds. The smallest absolute Gasteiger partial charge is 0.311 e. The molecule has 0 aliphatic heterocycles. The summed E-state index contributed by atoms with van der Waals surface area (Å²) in [5.41, 5.74) is -1.15. The van der Waals surface area contributed by atoms with Gasteiger partial charge >= 0.3 is 6.18 Å². The van der Waals surface area contributed by atoms with E-state index >= 15 is 0 Å². The third kappa shape index (κ3) is 3.47. The number of hydrogen-bond donors (Lipinski definition) is 0. The second-order valence-corrected chi connectivity index (χ2v) is 4.31. The molecule has 2 rings (SSSR count). The number of nitrogens with zero attached hydrogens (tertiary/aromatic N) is 2. The second kappa shape index (κ2) is 5.39. The summed E-state index contributed by atoms with van der Waals surface area (Å²) in [5, 5.41) is 10.5. The molecule has 1 aromatic carbocycles. The molecule has 0 radical (unpaired) electrons. The normalized spacial score (nSPS) is 11.4. The highest BCUT2D eigenvalue weighted by Crippen LogP contribution is 2.28. The standard InChI is InChI=1S/C13H9F3N2O3/c14-13(15,16)10-3-6-12(19)17(8-10)7-9-1-4-11(5-2-9)18(20)21/h1-6,8H,7H2. The van der Waals surface area contributed by atoms with Crippen LogP contribution in [0.2, 0.25) is 0 Å². The van der Waals surface area contributed by atoms with Crippen LogP contribution in [0.5, 0.6) is 0 Å². The molecule has 1 aromatic heterocycles. The van der Waals surface area contributed by atoms with E-state index in [9.17, 15) is 28.1 Å². The number of alkyl halides is 3. The van der Waals surface area contributed by atoms with Crippen molar-refractivity contribution >= 4 is 5.69 Å². The molecule has 0 aliphatic rings. The zero-order valence-electron chi connectivity index (χ0n) is 10.5. The third-order valence-corrected chi connectivity index (χ3v) is 2.81. The second-order valence-electron chi connectivity index (χ2n) is 4.31. The first-order valence-corrected chi connectivity index (χ1v) is 5.78. The Morgan fingerprint density at radius 3 is 2.24 bits per heavy atom. The Hall–Kier alpha value is -2.64. The molecule has 0 aliphatic carbocycles. The molecule has 8 heteroatoms. The molecule has 0 unspecified atom stereocenters. The Bertz CT molecular complexity index is 721. The molecule has 110 valence electrons. The number of rotatable bonds is 3. The van der Waals surface area contributed by atoms with Crippen molar-refractivity contribution in [1.82, 2.24) is 4.57 Å². The summed E-state index contributed by atoms with van der Waals surface area (Å²) in [6, 6.07) is 6.81. The minimum Gasteiger partial charge on any atom is -0.311 e. The summed E-state index contributed by atoms with van der Waals surface area (Å²) in [4.78, 5) is 21.5. The monoisotopic (exact) mass is 298 g/mol. The molecule has 0 bridgehead atoms. The number of non-ortho nitro benzene ring substituents is 1. The minimum atomic E-state index is -4.54. The first-order valence-electron chi connectivity index (χ1n) is 5.78. The number of hydrogen-bond acceptors (Lipinski definition) is 3. The van der Waals surface area contributed by atoms with E-state index in [1.54, 1.807) is 0 Å². The predicted molar refractivity (Wildman–Crippen MR) is 67.9 cm³/mol. The summed E-state index contributed by atoms with van der Waals surface area (Å²) in [5.74, 6) is 0. The molecule has 0 spiro atoms.